The summed E-state index contributed by atoms with van der Waals surface area (Å²) in [6.07, 6.45) is 1.70. The Balaban J connectivity index is 2.36. The number of fused-ring (bicyclic) bond motifs is 1. The van der Waals surface area contributed by atoms with E-state index in [9.17, 15) is 4.39 Å². The summed E-state index contributed by atoms with van der Waals surface area (Å²) in [6.45, 7) is 1.92. The van der Waals surface area contributed by atoms with Crippen molar-refractivity contribution in [3.63, 3.8) is 0 Å². The molecule has 0 bridgehead atoms. The predicted octanol–water partition coefficient (Wildman–Crippen LogP) is 3.21. The first-order chi connectivity index (χ1) is 9.06. The molecule has 0 saturated heterocycles. The van der Waals surface area contributed by atoms with Crippen molar-refractivity contribution >= 4 is 33.0 Å². The Morgan fingerprint density at radius 3 is 2.89 bits per heavy atom. The summed E-state index contributed by atoms with van der Waals surface area (Å²) in [5.41, 5.74) is 8.38. The van der Waals surface area contributed by atoms with Crippen molar-refractivity contribution in [3.8, 4) is 5.69 Å². The quantitative estimate of drug-likeness (QED) is 0.749. The van der Waals surface area contributed by atoms with Gasteiger partial charge in [-0.25, -0.2) is 14.4 Å². The van der Waals surface area contributed by atoms with Gasteiger partial charge in [-0.3, -0.25) is 4.57 Å². The van der Waals surface area contributed by atoms with E-state index in [1.807, 2.05) is 13.0 Å². The highest BCUT2D eigenvalue weighted by Gasteiger charge is 2.14. The maximum absolute atomic E-state index is 14.0. The van der Waals surface area contributed by atoms with Crippen LogP contribution in [0.5, 0.6) is 0 Å². The van der Waals surface area contributed by atoms with Gasteiger partial charge in [0.1, 0.15) is 11.3 Å². The molecule has 6 heteroatoms. The lowest BCUT2D eigenvalue weighted by molar-refractivity contribution is 0.619. The second-order valence-corrected chi connectivity index (χ2v) is 5.17. The number of nitrogens with two attached hydrogens (primary N) is 1. The number of halogens is 2. The highest BCUT2D eigenvalue weighted by Crippen LogP contribution is 2.26. The fourth-order valence-corrected chi connectivity index (χ4v) is 2.33. The maximum Gasteiger partial charge on any atom is 0.207 e. The molecule has 19 heavy (non-hydrogen) atoms. The minimum absolute atomic E-state index is 0.213. The average molecular weight is 321 g/mol. The highest BCUT2D eigenvalue weighted by molar-refractivity contribution is 9.10. The van der Waals surface area contributed by atoms with Crippen LogP contribution >= 0.6 is 15.9 Å². The summed E-state index contributed by atoms with van der Waals surface area (Å²) >= 11 is 3.32. The Hall–Kier alpha value is -1.95. The van der Waals surface area contributed by atoms with Crippen molar-refractivity contribution in [3.05, 3.63) is 46.3 Å². The first kappa shape index (κ1) is 12.1. The Kier molecular flexibility index (Phi) is 2.74. The van der Waals surface area contributed by atoms with Crippen LogP contribution in [0.3, 0.4) is 0 Å². The van der Waals surface area contributed by atoms with E-state index in [1.54, 1.807) is 18.3 Å². The summed E-state index contributed by atoms with van der Waals surface area (Å²) in [7, 11) is 0. The molecule has 0 aliphatic rings. The van der Waals surface area contributed by atoms with Gasteiger partial charge in [0.25, 0.3) is 0 Å². The first-order valence-electron chi connectivity index (χ1n) is 5.62. The third-order valence-electron chi connectivity index (χ3n) is 2.81. The van der Waals surface area contributed by atoms with Crippen LogP contribution in [0.25, 0.3) is 16.9 Å². The molecule has 2 heterocycles. The SMILES string of the molecule is Cc1cnc2c(c1)nc(N)n2-c1cc(Br)ccc1F. The molecule has 0 saturated carbocycles. The normalized spacial score (nSPS) is 11.1. The molecule has 1 aromatic carbocycles. The van der Waals surface area contributed by atoms with Crippen molar-refractivity contribution in [1.82, 2.24) is 14.5 Å². The van der Waals surface area contributed by atoms with E-state index in [0.29, 0.717) is 16.9 Å². The van der Waals surface area contributed by atoms with Gasteiger partial charge in [-0.1, -0.05) is 15.9 Å². The molecule has 3 aromatic rings. The fraction of sp³-hybridized carbons (Fsp3) is 0.0769. The molecule has 3 rings (SSSR count). The van der Waals surface area contributed by atoms with Gasteiger partial charge in [-0.15, -0.1) is 0 Å². The molecule has 0 unspecified atom stereocenters. The molecule has 0 radical (unpaired) electrons. The van der Waals surface area contributed by atoms with Gasteiger partial charge < -0.3 is 5.73 Å². The molecule has 0 fully saturated rings. The molecule has 0 atom stereocenters. The molecule has 0 aliphatic heterocycles. The van der Waals surface area contributed by atoms with Gasteiger partial charge in [0.2, 0.25) is 5.95 Å². The summed E-state index contributed by atoms with van der Waals surface area (Å²) in [5, 5.41) is 0. The Bertz CT molecular complexity index is 782. The van der Waals surface area contributed by atoms with Gasteiger partial charge >= 0.3 is 0 Å². The number of imidazole rings is 1. The Morgan fingerprint density at radius 1 is 1.32 bits per heavy atom. The zero-order chi connectivity index (χ0) is 13.6. The second-order valence-electron chi connectivity index (χ2n) is 4.26. The van der Waals surface area contributed by atoms with Crippen LogP contribution in [0.2, 0.25) is 0 Å². The van der Waals surface area contributed by atoms with Crippen molar-refractivity contribution < 1.29 is 4.39 Å². The van der Waals surface area contributed by atoms with Gasteiger partial charge in [-0.05, 0) is 36.8 Å². The summed E-state index contributed by atoms with van der Waals surface area (Å²) < 4.78 is 16.2. The van der Waals surface area contributed by atoms with Crippen LogP contribution in [0.4, 0.5) is 10.3 Å². The lowest BCUT2D eigenvalue weighted by Crippen LogP contribution is -2.03. The second kappa shape index (κ2) is 4.31. The number of aryl methyl sites for hydroxylation is 1. The van der Waals surface area contributed by atoms with Crippen molar-refractivity contribution in [2.45, 2.75) is 6.92 Å². The number of hydrogen-bond acceptors (Lipinski definition) is 3. The molecule has 0 aliphatic carbocycles. The number of aromatic nitrogens is 3. The van der Waals surface area contributed by atoms with E-state index in [2.05, 4.69) is 25.9 Å². The number of nitrogens with zero attached hydrogens (tertiary/aromatic N) is 3. The highest BCUT2D eigenvalue weighted by atomic mass is 79.9. The van der Waals surface area contributed by atoms with Crippen molar-refractivity contribution in [2.24, 2.45) is 0 Å². The number of nitrogen functional groups attached to an aromatic ring is 1. The Morgan fingerprint density at radius 2 is 2.11 bits per heavy atom. The van der Waals surface area contributed by atoms with Crippen LogP contribution in [0, 0.1) is 12.7 Å². The largest absolute Gasteiger partial charge is 0.369 e. The van der Waals surface area contributed by atoms with Gasteiger partial charge in [0, 0.05) is 10.7 Å². The third-order valence-corrected chi connectivity index (χ3v) is 3.30. The van der Waals surface area contributed by atoms with Gasteiger partial charge in [0.15, 0.2) is 5.65 Å². The zero-order valence-corrected chi connectivity index (χ0v) is 11.6. The number of anilines is 1. The topological polar surface area (TPSA) is 56.7 Å². The predicted molar refractivity (Wildman–Crippen MR) is 75.7 cm³/mol. The van der Waals surface area contributed by atoms with E-state index in [-0.39, 0.29) is 11.8 Å². The van der Waals surface area contributed by atoms with E-state index in [1.165, 1.54) is 10.6 Å². The van der Waals surface area contributed by atoms with Crippen LogP contribution in [0.15, 0.2) is 34.9 Å². The molecule has 2 N–H and O–H groups in total. The molecular weight excluding hydrogens is 311 g/mol. The van der Waals surface area contributed by atoms with Gasteiger partial charge in [0.05, 0.1) is 5.69 Å². The summed E-state index contributed by atoms with van der Waals surface area (Å²) in [6, 6.07) is 6.52. The van der Waals surface area contributed by atoms with Crippen LogP contribution in [0.1, 0.15) is 5.56 Å². The van der Waals surface area contributed by atoms with Crippen LogP contribution in [-0.4, -0.2) is 14.5 Å². The molecule has 2 aromatic heterocycles. The summed E-state index contributed by atoms with van der Waals surface area (Å²) in [5.74, 6) is -0.165. The van der Waals surface area contributed by atoms with Crippen molar-refractivity contribution in [2.75, 3.05) is 5.73 Å². The van der Waals surface area contributed by atoms with Crippen LogP contribution < -0.4 is 5.73 Å². The van der Waals surface area contributed by atoms with E-state index < -0.39 is 0 Å². The van der Waals surface area contributed by atoms with E-state index >= 15 is 0 Å². The Labute approximate surface area is 117 Å². The number of hydrogen-bond donors (Lipinski definition) is 1. The van der Waals surface area contributed by atoms with E-state index in [4.69, 9.17) is 5.73 Å². The minimum Gasteiger partial charge on any atom is -0.369 e. The van der Waals surface area contributed by atoms with E-state index in [0.717, 1.165) is 10.0 Å². The molecule has 0 amide bonds. The number of rotatable bonds is 1. The molecular formula is C13H10BrFN4. The first-order valence-corrected chi connectivity index (χ1v) is 6.41. The van der Waals surface area contributed by atoms with Crippen LogP contribution in [-0.2, 0) is 0 Å². The lowest BCUT2D eigenvalue weighted by Gasteiger charge is -2.07. The number of pyridine rings is 1. The number of benzene rings is 1. The molecule has 0 spiro atoms. The fourth-order valence-electron chi connectivity index (χ4n) is 1.98. The van der Waals surface area contributed by atoms with Gasteiger partial charge in [-0.2, -0.15) is 0 Å². The smallest absolute Gasteiger partial charge is 0.207 e. The third kappa shape index (κ3) is 1.98. The van der Waals surface area contributed by atoms with Crippen molar-refractivity contribution in [1.29, 1.82) is 0 Å². The maximum atomic E-state index is 14.0. The summed E-state index contributed by atoms with van der Waals surface area (Å²) in [4.78, 5) is 8.50. The monoisotopic (exact) mass is 320 g/mol. The zero-order valence-electron chi connectivity index (χ0n) is 10.1. The lowest BCUT2D eigenvalue weighted by atomic mass is 10.3. The standard InChI is InChI=1S/C13H10BrFN4/c1-7-4-10-12(17-6-7)19(13(16)18-10)11-5-8(14)2-3-9(11)15/h2-6H,1H3,(H2,16,18). The molecule has 96 valence electrons. The molecule has 4 nitrogen and oxygen atoms in total. The average Bonchev–Trinajstić information content (AvgIpc) is 2.67. The minimum atomic E-state index is -0.378.